The molecule has 0 aliphatic carbocycles. The number of rotatable bonds is 7. The van der Waals surface area contributed by atoms with Crippen LogP contribution in [0.15, 0.2) is 59.6 Å². The average molecular weight is 503 g/mol. The van der Waals surface area contributed by atoms with Crippen LogP contribution in [0.3, 0.4) is 0 Å². The number of nitrogens with one attached hydrogen (secondary N) is 1. The van der Waals surface area contributed by atoms with E-state index >= 15 is 0 Å². The first kappa shape index (κ1) is 25.0. The van der Waals surface area contributed by atoms with E-state index in [0.717, 1.165) is 5.56 Å². The van der Waals surface area contributed by atoms with Crippen LogP contribution in [0.4, 0.5) is 5.69 Å². The number of anilines is 1. The minimum absolute atomic E-state index is 0.281. The Morgan fingerprint density at radius 3 is 2.14 bits per heavy atom. The van der Waals surface area contributed by atoms with Gasteiger partial charge in [-0.15, -0.1) is 0 Å². The SMILES string of the molecule is COc1cc(N(C)C(=O)c2cc3nc(-c4ccc(C(=O)N=C(N)N)cc4)ccc3[nH]2)cc(OC)c1OC. The summed E-state index contributed by atoms with van der Waals surface area (Å²) >= 11 is 0. The monoisotopic (exact) mass is 502 g/mol. The lowest BCUT2D eigenvalue weighted by atomic mass is 10.1. The average Bonchev–Trinajstić information content (AvgIpc) is 3.34. The number of pyridine rings is 1. The zero-order valence-electron chi connectivity index (χ0n) is 20.7. The summed E-state index contributed by atoms with van der Waals surface area (Å²) in [5.74, 6) is 0.202. The maximum atomic E-state index is 13.3. The van der Waals surface area contributed by atoms with E-state index in [9.17, 15) is 9.59 Å². The van der Waals surface area contributed by atoms with Gasteiger partial charge in [-0.2, -0.15) is 4.99 Å². The van der Waals surface area contributed by atoms with E-state index in [1.54, 1.807) is 49.5 Å². The van der Waals surface area contributed by atoms with Gasteiger partial charge in [-0.1, -0.05) is 12.1 Å². The molecule has 2 aromatic carbocycles. The summed E-state index contributed by atoms with van der Waals surface area (Å²) in [5, 5.41) is 0. The van der Waals surface area contributed by atoms with Crippen molar-refractivity contribution >= 4 is 34.5 Å². The largest absolute Gasteiger partial charge is 0.493 e. The summed E-state index contributed by atoms with van der Waals surface area (Å²) in [4.78, 5) is 38.1. The minimum Gasteiger partial charge on any atom is -0.493 e. The fraction of sp³-hybridized carbons (Fsp3) is 0.154. The highest BCUT2D eigenvalue weighted by molar-refractivity contribution is 6.07. The zero-order valence-corrected chi connectivity index (χ0v) is 20.7. The molecule has 2 aromatic heterocycles. The van der Waals surface area contributed by atoms with Crippen LogP contribution in [0.5, 0.6) is 17.2 Å². The predicted octanol–water partition coefficient (Wildman–Crippen LogP) is 2.95. The van der Waals surface area contributed by atoms with Gasteiger partial charge in [0.2, 0.25) is 5.75 Å². The van der Waals surface area contributed by atoms with Crippen LogP contribution in [-0.2, 0) is 0 Å². The molecule has 11 nitrogen and oxygen atoms in total. The van der Waals surface area contributed by atoms with Crippen LogP contribution >= 0.6 is 0 Å². The number of H-pyrrole nitrogens is 1. The first-order valence-corrected chi connectivity index (χ1v) is 11.1. The van der Waals surface area contributed by atoms with Gasteiger partial charge in [0.15, 0.2) is 17.5 Å². The number of aromatic amines is 1. The van der Waals surface area contributed by atoms with E-state index < -0.39 is 5.91 Å². The second-order valence-corrected chi connectivity index (χ2v) is 7.98. The molecule has 0 fully saturated rings. The van der Waals surface area contributed by atoms with Crippen molar-refractivity contribution in [2.45, 2.75) is 0 Å². The molecular formula is C26H26N6O5. The van der Waals surface area contributed by atoms with Gasteiger partial charge in [0.05, 0.1) is 43.7 Å². The molecule has 0 atom stereocenters. The number of guanidine groups is 1. The smallest absolute Gasteiger partial charge is 0.280 e. The van der Waals surface area contributed by atoms with Crippen LogP contribution in [0.1, 0.15) is 20.8 Å². The topological polar surface area (TPSA) is 158 Å². The molecule has 0 unspecified atom stereocenters. The molecule has 0 aliphatic heterocycles. The molecule has 11 heteroatoms. The van der Waals surface area contributed by atoms with Gasteiger partial charge in [0.1, 0.15) is 5.69 Å². The van der Waals surface area contributed by atoms with Crippen LogP contribution in [0.25, 0.3) is 22.3 Å². The quantitative estimate of drug-likeness (QED) is 0.257. The Morgan fingerprint density at radius 2 is 1.57 bits per heavy atom. The number of carbonyl (C=O) groups excluding carboxylic acids is 2. The number of nitrogens with zero attached hydrogens (tertiary/aromatic N) is 3. The van der Waals surface area contributed by atoms with Crippen LogP contribution in [-0.4, -0.2) is 56.1 Å². The van der Waals surface area contributed by atoms with Crippen LogP contribution in [0.2, 0.25) is 0 Å². The molecule has 37 heavy (non-hydrogen) atoms. The molecule has 4 rings (SSSR count). The molecule has 2 amide bonds. The van der Waals surface area contributed by atoms with Gasteiger partial charge in [0.25, 0.3) is 11.8 Å². The Morgan fingerprint density at radius 1 is 0.919 bits per heavy atom. The number of aliphatic imine (C=N–C) groups is 1. The van der Waals surface area contributed by atoms with E-state index in [4.69, 9.17) is 25.7 Å². The highest BCUT2D eigenvalue weighted by Crippen LogP contribution is 2.41. The van der Waals surface area contributed by atoms with Gasteiger partial charge in [0, 0.05) is 30.3 Å². The maximum absolute atomic E-state index is 13.3. The first-order chi connectivity index (χ1) is 17.7. The molecular weight excluding hydrogens is 476 g/mol. The number of hydrogen-bond donors (Lipinski definition) is 3. The zero-order chi connectivity index (χ0) is 26.7. The van der Waals surface area contributed by atoms with Crippen molar-refractivity contribution in [1.82, 2.24) is 9.97 Å². The van der Waals surface area contributed by atoms with Crippen molar-refractivity contribution in [2.75, 3.05) is 33.3 Å². The number of hydrogen-bond acceptors (Lipinski definition) is 6. The molecule has 190 valence electrons. The summed E-state index contributed by atoms with van der Waals surface area (Å²) in [5.41, 5.74) is 14.6. The molecule has 0 aliphatic rings. The standard InChI is InChI=1S/C26H26N6O5/c1-32(16-11-21(35-2)23(37-4)22(12-16)36-3)25(34)20-13-19-18(30-20)10-9-17(29-19)14-5-7-15(8-6-14)24(33)31-26(27)28/h5-13,30H,1-4H3,(H4,27,28,31,33). The first-order valence-electron chi connectivity index (χ1n) is 11.1. The number of ether oxygens (including phenoxy) is 3. The molecule has 5 N–H and O–H groups in total. The maximum Gasteiger partial charge on any atom is 0.280 e. The van der Waals surface area contributed by atoms with E-state index in [-0.39, 0.29) is 11.9 Å². The molecule has 0 radical (unpaired) electrons. The van der Waals surface area contributed by atoms with Crippen molar-refractivity contribution in [3.8, 4) is 28.5 Å². The fourth-order valence-electron chi connectivity index (χ4n) is 3.81. The third-order valence-electron chi connectivity index (χ3n) is 5.71. The second kappa shape index (κ2) is 10.3. The van der Waals surface area contributed by atoms with Gasteiger partial charge in [-0.3, -0.25) is 9.59 Å². The van der Waals surface area contributed by atoms with Gasteiger partial charge in [-0.05, 0) is 30.3 Å². The number of nitrogens with two attached hydrogens (primary N) is 2. The molecule has 0 saturated heterocycles. The summed E-state index contributed by atoms with van der Waals surface area (Å²) in [6.45, 7) is 0. The summed E-state index contributed by atoms with van der Waals surface area (Å²) in [6, 6.07) is 15.5. The Labute approximate surface area is 212 Å². The molecule has 2 heterocycles. The summed E-state index contributed by atoms with van der Waals surface area (Å²) < 4.78 is 16.2. The lowest BCUT2D eigenvalue weighted by Crippen LogP contribution is -2.26. The van der Waals surface area contributed by atoms with Gasteiger partial charge in [-0.25, -0.2) is 4.98 Å². The van der Waals surface area contributed by atoms with E-state index in [1.165, 1.54) is 26.2 Å². The van der Waals surface area contributed by atoms with Crippen molar-refractivity contribution in [2.24, 2.45) is 16.5 Å². The highest BCUT2D eigenvalue weighted by Gasteiger charge is 2.21. The van der Waals surface area contributed by atoms with Gasteiger partial charge < -0.3 is 35.6 Å². The second-order valence-electron chi connectivity index (χ2n) is 7.98. The predicted molar refractivity (Wildman–Crippen MR) is 141 cm³/mol. The normalized spacial score (nSPS) is 10.6. The molecule has 0 spiro atoms. The molecule has 0 saturated carbocycles. The summed E-state index contributed by atoms with van der Waals surface area (Å²) in [7, 11) is 6.19. The van der Waals surface area contributed by atoms with Crippen molar-refractivity contribution in [1.29, 1.82) is 0 Å². The van der Waals surface area contributed by atoms with Crippen LogP contribution < -0.4 is 30.6 Å². The van der Waals surface area contributed by atoms with Gasteiger partial charge >= 0.3 is 0 Å². The Hall–Kier alpha value is -5.06. The Balaban J connectivity index is 1.61. The van der Waals surface area contributed by atoms with Crippen molar-refractivity contribution < 1.29 is 23.8 Å². The highest BCUT2D eigenvalue weighted by atomic mass is 16.5. The van der Waals surface area contributed by atoms with E-state index in [0.29, 0.717) is 50.9 Å². The van der Waals surface area contributed by atoms with Crippen molar-refractivity contribution in [3.05, 3.63) is 65.9 Å². The summed E-state index contributed by atoms with van der Waals surface area (Å²) in [6.07, 6.45) is 0. The number of aromatic nitrogens is 2. The number of benzene rings is 2. The van der Waals surface area contributed by atoms with Crippen molar-refractivity contribution in [3.63, 3.8) is 0 Å². The Bertz CT molecular complexity index is 1480. The third kappa shape index (κ3) is 5.01. The Kier molecular flexibility index (Phi) is 6.96. The number of methoxy groups -OCH3 is 3. The lowest BCUT2D eigenvalue weighted by molar-refractivity contribution is 0.0985. The van der Waals surface area contributed by atoms with Crippen LogP contribution in [0, 0.1) is 0 Å². The number of fused-ring (bicyclic) bond motifs is 1. The minimum atomic E-state index is -0.528. The van der Waals surface area contributed by atoms with E-state index in [1.807, 2.05) is 12.1 Å². The number of amides is 2. The lowest BCUT2D eigenvalue weighted by Gasteiger charge is -2.20. The third-order valence-corrected chi connectivity index (χ3v) is 5.71. The molecule has 4 aromatic rings. The fourth-order valence-corrected chi connectivity index (χ4v) is 3.81. The van der Waals surface area contributed by atoms with E-state index in [2.05, 4.69) is 15.0 Å². The molecule has 0 bridgehead atoms. The number of carbonyl (C=O) groups is 2.